The zero-order valence-electron chi connectivity index (χ0n) is 17.9. The van der Waals surface area contributed by atoms with Gasteiger partial charge in [-0.15, -0.1) is 0 Å². The molecule has 0 aromatic heterocycles. The predicted octanol–water partition coefficient (Wildman–Crippen LogP) is 3.07. The minimum atomic E-state index is 0.640. The summed E-state index contributed by atoms with van der Waals surface area (Å²) in [6, 6.07) is 6.17. The van der Waals surface area contributed by atoms with E-state index in [0.29, 0.717) is 6.61 Å². The number of unbranched alkanes of at least 4 members (excludes halogenated alkanes) is 1. The van der Waals surface area contributed by atoms with E-state index in [1.165, 1.54) is 50.9 Å². The summed E-state index contributed by atoms with van der Waals surface area (Å²) in [5.74, 6) is 2.51. The smallest absolute Gasteiger partial charge is 0.190 e. The number of benzene rings is 1. The fourth-order valence-electron chi connectivity index (χ4n) is 3.54. The van der Waals surface area contributed by atoms with Crippen molar-refractivity contribution >= 4 is 5.96 Å². The quantitative estimate of drug-likeness (QED) is 0.326. The molecule has 158 valence electrons. The fourth-order valence-corrected chi connectivity index (χ4v) is 3.54. The molecule has 0 amide bonds. The number of aryl methyl sites for hydroxylation is 1. The van der Waals surface area contributed by atoms with Gasteiger partial charge in [0.1, 0.15) is 0 Å². The first-order valence-electron chi connectivity index (χ1n) is 10.7. The highest BCUT2D eigenvalue weighted by molar-refractivity contribution is 5.79. The van der Waals surface area contributed by atoms with E-state index in [1.54, 1.807) is 7.11 Å². The van der Waals surface area contributed by atoms with E-state index in [4.69, 9.17) is 9.47 Å². The number of ether oxygens (including phenoxy) is 2. The van der Waals surface area contributed by atoms with E-state index in [1.807, 2.05) is 20.0 Å². The average molecular weight is 391 g/mol. The fraction of sp³-hybridized carbons (Fsp3) is 0.682. The molecule has 0 radical (unpaired) electrons. The highest BCUT2D eigenvalue weighted by atomic mass is 16.5. The first-order valence-corrected chi connectivity index (χ1v) is 10.7. The molecular weight excluding hydrogens is 352 g/mol. The third-order valence-corrected chi connectivity index (χ3v) is 5.08. The normalized spacial score (nSPS) is 14.9. The van der Waals surface area contributed by atoms with Gasteiger partial charge in [0.2, 0.25) is 0 Å². The maximum absolute atomic E-state index is 5.65. The molecule has 1 saturated heterocycles. The maximum Gasteiger partial charge on any atom is 0.190 e. The van der Waals surface area contributed by atoms with Crippen molar-refractivity contribution in [3.05, 3.63) is 23.8 Å². The molecule has 1 aliphatic rings. The van der Waals surface area contributed by atoms with Gasteiger partial charge in [0.15, 0.2) is 17.5 Å². The first kappa shape index (κ1) is 22.3. The molecule has 0 bridgehead atoms. The van der Waals surface area contributed by atoms with Crippen molar-refractivity contribution < 1.29 is 9.47 Å². The van der Waals surface area contributed by atoms with E-state index >= 15 is 0 Å². The van der Waals surface area contributed by atoms with Gasteiger partial charge in [0.25, 0.3) is 0 Å². The summed E-state index contributed by atoms with van der Waals surface area (Å²) >= 11 is 0. The van der Waals surface area contributed by atoms with Crippen LogP contribution in [-0.2, 0) is 6.42 Å². The molecule has 28 heavy (non-hydrogen) atoms. The van der Waals surface area contributed by atoms with Crippen molar-refractivity contribution in [3.8, 4) is 11.5 Å². The van der Waals surface area contributed by atoms with Crippen molar-refractivity contribution in [3.63, 3.8) is 0 Å². The molecule has 1 aromatic carbocycles. The van der Waals surface area contributed by atoms with Crippen LogP contribution in [-0.4, -0.2) is 64.3 Å². The molecule has 1 aliphatic heterocycles. The number of methoxy groups -OCH3 is 1. The van der Waals surface area contributed by atoms with Crippen LogP contribution in [0.1, 0.15) is 44.6 Å². The lowest BCUT2D eigenvalue weighted by Crippen LogP contribution is -2.38. The van der Waals surface area contributed by atoms with Gasteiger partial charge in [0.05, 0.1) is 13.7 Å². The van der Waals surface area contributed by atoms with Crippen LogP contribution in [0.4, 0.5) is 0 Å². The molecule has 2 rings (SSSR count). The lowest BCUT2D eigenvalue weighted by molar-refractivity contribution is 0.310. The lowest BCUT2D eigenvalue weighted by atomic mass is 10.1. The number of aliphatic imine (C=N–C) groups is 1. The first-order chi connectivity index (χ1) is 13.8. The summed E-state index contributed by atoms with van der Waals surface area (Å²) in [4.78, 5) is 6.89. The Kier molecular flexibility index (Phi) is 10.6. The molecule has 1 heterocycles. The van der Waals surface area contributed by atoms with Crippen molar-refractivity contribution in [1.29, 1.82) is 0 Å². The van der Waals surface area contributed by atoms with Gasteiger partial charge < -0.3 is 25.0 Å². The summed E-state index contributed by atoms with van der Waals surface area (Å²) < 4.78 is 11.0. The van der Waals surface area contributed by atoms with Crippen LogP contribution in [0.15, 0.2) is 23.2 Å². The Labute approximate surface area is 170 Å². The van der Waals surface area contributed by atoms with Crippen LogP contribution >= 0.6 is 0 Å². The maximum atomic E-state index is 5.65. The van der Waals surface area contributed by atoms with Crippen LogP contribution in [0, 0.1) is 0 Å². The van der Waals surface area contributed by atoms with Gasteiger partial charge in [0, 0.05) is 20.1 Å². The second-order valence-corrected chi connectivity index (χ2v) is 7.20. The van der Waals surface area contributed by atoms with Crippen LogP contribution in [0.25, 0.3) is 0 Å². The Hall–Kier alpha value is -1.95. The summed E-state index contributed by atoms with van der Waals surface area (Å²) in [7, 11) is 3.50. The Morgan fingerprint density at radius 3 is 2.50 bits per heavy atom. The Balaban J connectivity index is 1.59. The topological polar surface area (TPSA) is 58.1 Å². The van der Waals surface area contributed by atoms with Gasteiger partial charge >= 0.3 is 0 Å². The molecule has 0 atom stereocenters. The van der Waals surface area contributed by atoms with Gasteiger partial charge in [-0.05, 0) is 82.8 Å². The zero-order valence-corrected chi connectivity index (χ0v) is 17.9. The lowest BCUT2D eigenvalue weighted by Gasteiger charge is -2.15. The van der Waals surface area contributed by atoms with Gasteiger partial charge in [-0.1, -0.05) is 6.07 Å². The Morgan fingerprint density at radius 1 is 1.07 bits per heavy atom. The molecule has 0 saturated carbocycles. The highest BCUT2D eigenvalue weighted by Crippen LogP contribution is 2.28. The Bertz CT molecular complexity index is 586. The van der Waals surface area contributed by atoms with Crippen molar-refractivity contribution in [2.75, 3.05) is 53.5 Å². The van der Waals surface area contributed by atoms with Crippen LogP contribution < -0.4 is 20.1 Å². The molecule has 6 nitrogen and oxygen atoms in total. The molecule has 1 aromatic rings. The number of nitrogens with one attached hydrogen (secondary N) is 2. The predicted molar refractivity (Wildman–Crippen MR) is 117 cm³/mol. The van der Waals surface area contributed by atoms with Crippen molar-refractivity contribution in [2.45, 2.75) is 45.4 Å². The Morgan fingerprint density at radius 2 is 1.82 bits per heavy atom. The number of nitrogens with zero attached hydrogens (tertiary/aromatic N) is 2. The number of hydrogen-bond donors (Lipinski definition) is 2. The molecular formula is C22H38N4O2. The number of likely N-dealkylation sites (tertiary alicyclic amines) is 1. The SMILES string of the molecule is CCOc1cc(CCCNC(=NC)NCCCCN2CCCC2)ccc1OC. The second-order valence-electron chi connectivity index (χ2n) is 7.20. The van der Waals surface area contributed by atoms with E-state index in [0.717, 1.165) is 43.4 Å². The van der Waals surface area contributed by atoms with Crippen LogP contribution in [0.5, 0.6) is 11.5 Å². The molecule has 0 unspecified atom stereocenters. The van der Waals surface area contributed by atoms with E-state index in [-0.39, 0.29) is 0 Å². The minimum absolute atomic E-state index is 0.640. The molecule has 2 N–H and O–H groups in total. The van der Waals surface area contributed by atoms with E-state index < -0.39 is 0 Å². The summed E-state index contributed by atoms with van der Waals surface area (Å²) in [6.07, 6.45) is 7.21. The van der Waals surface area contributed by atoms with E-state index in [2.05, 4.69) is 32.7 Å². The highest BCUT2D eigenvalue weighted by Gasteiger charge is 2.10. The van der Waals surface area contributed by atoms with Gasteiger partial charge in [-0.2, -0.15) is 0 Å². The summed E-state index contributed by atoms with van der Waals surface area (Å²) in [5, 5.41) is 6.82. The number of rotatable bonds is 12. The average Bonchev–Trinajstić information content (AvgIpc) is 3.23. The number of hydrogen-bond acceptors (Lipinski definition) is 4. The van der Waals surface area contributed by atoms with Crippen LogP contribution in [0.3, 0.4) is 0 Å². The zero-order chi connectivity index (χ0) is 20.0. The third-order valence-electron chi connectivity index (χ3n) is 5.08. The van der Waals surface area contributed by atoms with E-state index in [9.17, 15) is 0 Å². The second kappa shape index (κ2) is 13.3. The summed E-state index contributed by atoms with van der Waals surface area (Å²) in [5.41, 5.74) is 1.26. The molecule has 6 heteroatoms. The monoisotopic (exact) mass is 390 g/mol. The molecule has 1 fully saturated rings. The van der Waals surface area contributed by atoms with Crippen LogP contribution in [0.2, 0.25) is 0 Å². The van der Waals surface area contributed by atoms with Gasteiger partial charge in [-0.25, -0.2) is 0 Å². The molecule has 0 spiro atoms. The van der Waals surface area contributed by atoms with Crippen molar-refractivity contribution in [1.82, 2.24) is 15.5 Å². The summed E-state index contributed by atoms with van der Waals surface area (Å²) in [6.45, 7) is 8.31. The standard InChI is InChI=1S/C22H38N4O2/c1-4-28-21-18-19(11-12-20(21)27-3)10-9-14-25-22(23-2)24-13-5-6-15-26-16-7-8-17-26/h11-12,18H,4-10,13-17H2,1-3H3,(H2,23,24,25). The third kappa shape index (κ3) is 7.97. The van der Waals surface area contributed by atoms with Gasteiger partial charge in [-0.3, -0.25) is 4.99 Å². The minimum Gasteiger partial charge on any atom is -0.493 e. The number of guanidine groups is 1. The largest absolute Gasteiger partial charge is 0.493 e. The molecule has 0 aliphatic carbocycles. The van der Waals surface area contributed by atoms with Crippen molar-refractivity contribution in [2.24, 2.45) is 4.99 Å².